The maximum atomic E-state index is 12.7. The van der Waals surface area contributed by atoms with Gasteiger partial charge in [0, 0.05) is 30.9 Å². The van der Waals surface area contributed by atoms with Crippen LogP contribution in [-0.4, -0.2) is 67.4 Å². The molecule has 3 N–H and O–H groups in total. The van der Waals surface area contributed by atoms with Crippen LogP contribution in [0.4, 0.5) is 5.69 Å². The van der Waals surface area contributed by atoms with Gasteiger partial charge in [-0.25, -0.2) is 0 Å². The summed E-state index contributed by atoms with van der Waals surface area (Å²) >= 11 is 0. The average Bonchev–Trinajstić information content (AvgIpc) is 2.74. The number of amides is 3. The fourth-order valence-corrected chi connectivity index (χ4v) is 3.08. The second-order valence-corrected chi connectivity index (χ2v) is 6.97. The first-order chi connectivity index (χ1) is 14.5. The van der Waals surface area contributed by atoms with Gasteiger partial charge in [-0.3, -0.25) is 19.2 Å². The van der Waals surface area contributed by atoms with Crippen molar-refractivity contribution < 1.29 is 23.9 Å². The van der Waals surface area contributed by atoms with Gasteiger partial charge < -0.3 is 25.6 Å². The highest BCUT2D eigenvalue weighted by molar-refractivity contribution is 5.95. The molecule has 0 bridgehead atoms. The number of carbonyl (C=O) groups excluding carboxylic acids is 4. The zero-order chi connectivity index (χ0) is 21.9. The number of hydrogen-bond donors (Lipinski definition) is 3. The number of rotatable bonds is 10. The summed E-state index contributed by atoms with van der Waals surface area (Å²) in [6, 6.07) is 5.93. The van der Waals surface area contributed by atoms with E-state index < -0.39 is 12.0 Å². The summed E-state index contributed by atoms with van der Waals surface area (Å²) < 4.78 is 5.14. The third-order valence-corrected chi connectivity index (χ3v) is 4.68. The average molecular weight is 418 g/mol. The van der Waals surface area contributed by atoms with Gasteiger partial charge in [0.25, 0.3) is 5.91 Å². The highest BCUT2D eigenvalue weighted by atomic mass is 16.5. The molecule has 1 aromatic carbocycles. The van der Waals surface area contributed by atoms with Gasteiger partial charge in [-0.15, -0.1) is 0 Å². The maximum Gasteiger partial charge on any atom is 0.308 e. The fraction of sp³-hybridized carbons (Fsp3) is 0.524. The minimum Gasteiger partial charge on any atom is -0.466 e. The summed E-state index contributed by atoms with van der Waals surface area (Å²) in [5.41, 5.74) is 1.10. The lowest BCUT2D eigenvalue weighted by atomic mass is 10.1. The monoisotopic (exact) mass is 418 g/mol. The number of ether oxygens (including phenoxy) is 1. The van der Waals surface area contributed by atoms with Gasteiger partial charge in [0.1, 0.15) is 6.04 Å². The molecule has 1 aliphatic heterocycles. The number of anilines is 1. The second-order valence-electron chi connectivity index (χ2n) is 6.97. The van der Waals surface area contributed by atoms with Crippen molar-refractivity contribution >= 4 is 29.4 Å². The molecule has 0 aromatic heterocycles. The Morgan fingerprint density at radius 1 is 1.27 bits per heavy atom. The van der Waals surface area contributed by atoms with E-state index in [0.717, 1.165) is 12.8 Å². The van der Waals surface area contributed by atoms with Gasteiger partial charge in [0.05, 0.1) is 19.6 Å². The number of benzene rings is 1. The molecule has 1 atom stereocenters. The molecule has 0 radical (unpaired) electrons. The molecular formula is C21H30N4O5. The molecule has 0 aliphatic carbocycles. The van der Waals surface area contributed by atoms with Crippen LogP contribution in [0, 0.1) is 0 Å². The van der Waals surface area contributed by atoms with E-state index in [2.05, 4.69) is 16.0 Å². The first-order valence-corrected chi connectivity index (χ1v) is 10.3. The number of unbranched alkanes of at least 4 members (excludes halogenated alkanes) is 1. The molecule has 0 saturated carbocycles. The Morgan fingerprint density at radius 3 is 2.80 bits per heavy atom. The van der Waals surface area contributed by atoms with Crippen LogP contribution in [0.5, 0.6) is 0 Å². The zero-order valence-corrected chi connectivity index (χ0v) is 17.5. The van der Waals surface area contributed by atoms with E-state index in [9.17, 15) is 19.2 Å². The van der Waals surface area contributed by atoms with Crippen molar-refractivity contribution in [1.29, 1.82) is 0 Å². The van der Waals surface area contributed by atoms with Crippen LogP contribution in [0.1, 0.15) is 43.5 Å². The first kappa shape index (κ1) is 23.2. The van der Waals surface area contributed by atoms with Gasteiger partial charge in [0.2, 0.25) is 11.8 Å². The third-order valence-electron chi connectivity index (χ3n) is 4.68. The van der Waals surface area contributed by atoms with Gasteiger partial charge >= 0.3 is 5.97 Å². The lowest BCUT2D eigenvalue weighted by Crippen LogP contribution is -2.58. The van der Waals surface area contributed by atoms with E-state index in [4.69, 9.17) is 4.74 Å². The molecule has 9 nitrogen and oxygen atoms in total. The molecule has 2 rings (SSSR count). The van der Waals surface area contributed by atoms with Crippen molar-refractivity contribution in [2.45, 2.75) is 39.2 Å². The number of nitrogens with zero attached hydrogens (tertiary/aromatic N) is 1. The van der Waals surface area contributed by atoms with Gasteiger partial charge in [-0.2, -0.15) is 0 Å². The molecule has 30 heavy (non-hydrogen) atoms. The van der Waals surface area contributed by atoms with Gasteiger partial charge in [-0.1, -0.05) is 19.4 Å². The molecule has 164 valence electrons. The summed E-state index contributed by atoms with van der Waals surface area (Å²) in [6.07, 6.45) is 1.48. The molecule has 1 heterocycles. The Balaban J connectivity index is 1.96. The first-order valence-electron chi connectivity index (χ1n) is 10.3. The number of nitrogens with one attached hydrogen (secondary N) is 3. The highest BCUT2D eigenvalue weighted by Gasteiger charge is 2.34. The molecule has 9 heteroatoms. The predicted molar refractivity (Wildman–Crippen MR) is 112 cm³/mol. The second kappa shape index (κ2) is 11.8. The summed E-state index contributed by atoms with van der Waals surface area (Å²) in [5.74, 6) is -1.35. The van der Waals surface area contributed by atoms with Crippen LogP contribution in [0.2, 0.25) is 0 Å². The van der Waals surface area contributed by atoms with E-state index in [1.807, 2.05) is 13.8 Å². The Labute approximate surface area is 176 Å². The molecule has 3 amide bonds. The van der Waals surface area contributed by atoms with E-state index >= 15 is 0 Å². The normalized spacial score (nSPS) is 15.9. The van der Waals surface area contributed by atoms with Crippen molar-refractivity contribution in [3.8, 4) is 0 Å². The number of hydrogen-bond acceptors (Lipinski definition) is 6. The van der Waals surface area contributed by atoms with Crippen molar-refractivity contribution in [2.24, 2.45) is 0 Å². The van der Waals surface area contributed by atoms with Crippen molar-refractivity contribution in [2.75, 3.05) is 38.1 Å². The minimum atomic E-state index is -0.885. The van der Waals surface area contributed by atoms with Crippen LogP contribution in [0.3, 0.4) is 0 Å². The van der Waals surface area contributed by atoms with Crippen LogP contribution in [0.25, 0.3) is 0 Å². The highest BCUT2D eigenvalue weighted by Crippen LogP contribution is 2.13. The van der Waals surface area contributed by atoms with Crippen LogP contribution < -0.4 is 16.0 Å². The van der Waals surface area contributed by atoms with Crippen molar-refractivity contribution in [1.82, 2.24) is 15.5 Å². The smallest absolute Gasteiger partial charge is 0.308 e. The Kier molecular flexibility index (Phi) is 9.11. The van der Waals surface area contributed by atoms with Crippen LogP contribution in [-0.2, 0) is 19.1 Å². The lowest BCUT2D eigenvalue weighted by Gasteiger charge is -2.34. The summed E-state index contributed by atoms with van der Waals surface area (Å²) in [6.45, 7) is 5.24. The molecule has 1 fully saturated rings. The zero-order valence-electron chi connectivity index (χ0n) is 17.5. The van der Waals surface area contributed by atoms with Crippen LogP contribution in [0.15, 0.2) is 24.3 Å². The van der Waals surface area contributed by atoms with E-state index in [-0.39, 0.29) is 30.7 Å². The molecule has 1 aliphatic rings. The van der Waals surface area contributed by atoms with E-state index in [1.54, 1.807) is 24.3 Å². The van der Waals surface area contributed by atoms with E-state index in [1.165, 1.54) is 4.90 Å². The largest absolute Gasteiger partial charge is 0.466 e. The number of piperazine rings is 1. The number of esters is 1. The predicted octanol–water partition coefficient (Wildman–Crippen LogP) is 0.909. The summed E-state index contributed by atoms with van der Waals surface area (Å²) in [5, 5.41) is 8.40. The quantitative estimate of drug-likeness (QED) is 0.384. The van der Waals surface area contributed by atoms with E-state index in [0.29, 0.717) is 37.5 Å². The van der Waals surface area contributed by atoms with Gasteiger partial charge in [-0.05, 0) is 31.5 Å². The lowest BCUT2D eigenvalue weighted by molar-refractivity contribution is -0.151. The minimum absolute atomic E-state index is 0.0620. The molecule has 0 spiro atoms. The Morgan fingerprint density at radius 2 is 2.07 bits per heavy atom. The van der Waals surface area contributed by atoms with Crippen molar-refractivity contribution in [3.63, 3.8) is 0 Å². The topological polar surface area (TPSA) is 117 Å². The Bertz CT molecular complexity index is 768. The maximum absolute atomic E-state index is 12.7. The summed E-state index contributed by atoms with van der Waals surface area (Å²) in [4.78, 5) is 50.4. The fourth-order valence-electron chi connectivity index (χ4n) is 3.08. The summed E-state index contributed by atoms with van der Waals surface area (Å²) in [7, 11) is 0. The Hall–Kier alpha value is -3.10. The van der Waals surface area contributed by atoms with Gasteiger partial charge in [0.15, 0.2) is 0 Å². The molecule has 1 saturated heterocycles. The number of carbonyl (C=O) groups is 4. The molecular weight excluding hydrogens is 388 g/mol. The SMILES string of the molecule is CCCCOC(=O)CC1C(=O)NCCN1C(=O)CNc1cccc(C(=O)NCC)c1. The molecule has 1 unspecified atom stereocenters. The third kappa shape index (κ3) is 6.75. The van der Waals surface area contributed by atoms with Crippen molar-refractivity contribution in [3.05, 3.63) is 29.8 Å². The molecule has 1 aromatic rings. The standard InChI is InChI=1S/C21H30N4O5/c1-3-5-11-30-19(27)13-17-21(29)23-9-10-25(17)18(26)14-24-16-8-6-7-15(12-16)20(28)22-4-2/h6-8,12,17,24H,3-5,9-11,13-14H2,1-2H3,(H,22,28)(H,23,29). The van der Waals surface area contributed by atoms with Crippen LogP contribution >= 0.6 is 0 Å².